The van der Waals surface area contributed by atoms with E-state index in [2.05, 4.69) is 40.7 Å². The van der Waals surface area contributed by atoms with E-state index in [4.69, 9.17) is 9.84 Å². The first-order valence-corrected chi connectivity index (χ1v) is 11.6. The lowest BCUT2D eigenvalue weighted by molar-refractivity contribution is 0.122. The third kappa shape index (κ3) is 5.45. The largest absolute Gasteiger partial charge is 0.378 e. The Bertz CT molecular complexity index is 836. The SMILES string of the molecule is CC(C)c1nn(C)c(N2CCOCC2)c1CNC1CCN(Cc2ccc(F)cc2)CC1. The molecule has 6 nitrogen and oxygen atoms in total. The zero-order valence-corrected chi connectivity index (χ0v) is 19.1. The summed E-state index contributed by atoms with van der Waals surface area (Å²) in [5, 5.41) is 8.70. The highest BCUT2D eigenvalue weighted by Crippen LogP contribution is 2.29. The molecule has 170 valence electrons. The second-order valence-electron chi connectivity index (χ2n) is 9.12. The maximum absolute atomic E-state index is 13.1. The first kappa shape index (κ1) is 22.2. The Hall–Kier alpha value is -1.96. The number of morpholine rings is 1. The average Bonchev–Trinajstić information content (AvgIpc) is 3.12. The molecule has 2 fully saturated rings. The van der Waals surface area contributed by atoms with Crippen molar-refractivity contribution in [3.8, 4) is 0 Å². The molecule has 0 radical (unpaired) electrons. The van der Waals surface area contributed by atoms with Gasteiger partial charge in [-0.25, -0.2) is 4.39 Å². The van der Waals surface area contributed by atoms with Crippen LogP contribution in [-0.4, -0.2) is 60.1 Å². The number of halogens is 1. The normalized spacial score (nSPS) is 18.8. The topological polar surface area (TPSA) is 45.6 Å². The molecule has 0 amide bonds. The fourth-order valence-electron chi connectivity index (χ4n) is 4.77. The lowest BCUT2D eigenvalue weighted by Gasteiger charge is -2.33. The van der Waals surface area contributed by atoms with E-state index < -0.39 is 0 Å². The highest BCUT2D eigenvalue weighted by Gasteiger charge is 2.26. The van der Waals surface area contributed by atoms with E-state index in [1.165, 1.54) is 22.6 Å². The minimum absolute atomic E-state index is 0.167. The monoisotopic (exact) mass is 429 g/mol. The number of ether oxygens (including phenoxy) is 1. The average molecular weight is 430 g/mol. The highest BCUT2D eigenvalue weighted by atomic mass is 19.1. The van der Waals surface area contributed by atoms with Gasteiger partial charge in [-0.3, -0.25) is 9.58 Å². The van der Waals surface area contributed by atoms with E-state index >= 15 is 0 Å². The molecular weight excluding hydrogens is 393 g/mol. The molecule has 0 aliphatic carbocycles. The van der Waals surface area contributed by atoms with Crippen molar-refractivity contribution in [3.63, 3.8) is 0 Å². The lowest BCUT2D eigenvalue weighted by atomic mass is 10.0. The van der Waals surface area contributed by atoms with Gasteiger partial charge in [0.05, 0.1) is 18.9 Å². The van der Waals surface area contributed by atoms with Crippen molar-refractivity contribution in [1.29, 1.82) is 0 Å². The summed E-state index contributed by atoms with van der Waals surface area (Å²) in [4.78, 5) is 4.89. The number of nitrogens with zero attached hydrogens (tertiary/aromatic N) is 4. The van der Waals surface area contributed by atoms with Crippen LogP contribution in [0.1, 0.15) is 49.4 Å². The summed E-state index contributed by atoms with van der Waals surface area (Å²) in [6.45, 7) is 11.7. The molecule has 0 spiro atoms. The van der Waals surface area contributed by atoms with E-state index in [1.807, 2.05) is 12.1 Å². The van der Waals surface area contributed by atoms with Crippen molar-refractivity contribution in [2.24, 2.45) is 7.05 Å². The second kappa shape index (κ2) is 10.1. The summed E-state index contributed by atoms with van der Waals surface area (Å²) in [6, 6.07) is 7.40. The van der Waals surface area contributed by atoms with Crippen LogP contribution in [0.25, 0.3) is 0 Å². The number of piperidine rings is 1. The molecule has 4 rings (SSSR count). The number of likely N-dealkylation sites (tertiary alicyclic amines) is 1. The van der Waals surface area contributed by atoms with Crippen molar-refractivity contribution in [3.05, 3.63) is 46.9 Å². The molecule has 1 N–H and O–H groups in total. The first-order chi connectivity index (χ1) is 15.0. The Morgan fingerprint density at radius 2 is 1.77 bits per heavy atom. The van der Waals surface area contributed by atoms with Gasteiger partial charge >= 0.3 is 0 Å². The van der Waals surface area contributed by atoms with Gasteiger partial charge < -0.3 is 15.0 Å². The van der Waals surface area contributed by atoms with Gasteiger partial charge in [0.15, 0.2) is 0 Å². The Kier molecular flexibility index (Phi) is 7.25. The molecule has 7 heteroatoms. The molecule has 1 aromatic heterocycles. The highest BCUT2D eigenvalue weighted by molar-refractivity contribution is 5.51. The van der Waals surface area contributed by atoms with Gasteiger partial charge in [-0.05, 0) is 49.5 Å². The van der Waals surface area contributed by atoms with E-state index in [0.29, 0.717) is 12.0 Å². The van der Waals surface area contributed by atoms with Crippen LogP contribution in [0.2, 0.25) is 0 Å². The predicted octanol–water partition coefficient (Wildman–Crippen LogP) is 3.27. The number of aryl methyl sites for hydroxylation is 1. The number of rotatable bonds is 7. The van der Waals surface area contributed by atoms with Crippen molar-refractivity contribution >= 4 is 5.82 Å². The van der Waals surface area contributed by atoms with Crippen LogP contribution in [0.4, 0.5) is 10.2 Å². The molecule has 1 aromatic carbocycles. The molecule has 2 saturated heterocycles. The van der Waals surface area contributed by atoms with Crippen LogP contribution in [0.15, 0.2) is 24.3 Å². The Balaban J connectivity index is 1.35. The Labute approximate surface area is 185 Å². The summed E-state index contributed by atoms with van der Waals surface area (Å²) in [7, 11) is 2.06. The van der Waals surface area contributed by atoms with Gasteiger partial charge in [0.25, 0.3) is 0 Å². The van der Waals surface area contributed by atoms with Gasteiger partial charge in [0.2, 0.25) is 0 Å². The zero-order valence-electron chi connectivity index (χ0n) is 19.1. The van der Waals surface area contributed by atoms with E-state index in [-0.39, 0.29) is 5.82 Å². The molecule has 0 unspecified atom stereocenters. The van der Waals surface area contributed by atoms with Crippen LogP contribution in [-0.2, 0) is 24.9 Å². The Morgan fingerprint density at radius 3 is 2.42 bits per heavy atom. The predicted molar refractivity (Wildman–Crippen MR) is 122 cm³/mol. The standard InChI is InChI=1S/C24H36FN5O/c1-18(2)23-22(24(28(3)27-23)30-12-14-31-15-13-30)16-26-21-8-10-29(11-9-21)17-19-4-6-20(25)7-5-19/h4-7,18,21,26H,8-17H2,1-3H3. The fourth-order valence-corrected chi connectivity index (χ4v) is 4.77. The Morgan fingerprint density at radius 1 is 1.10 bits per heavy atom. The van der Waals surface area contributed by atoms with Gasteiger partial charge in [-0.15, -0.1) is 0 Å². The van der Waals surface area contributed by atoms with Crippen molar-refractivity contribution < 1.29 is 9.13 Å². The fraction of sp³-hybridized carbons (Fsp3) is 0.625. The summed E-state index contributed by atoms with van der Waals surface area (Å²) < 4.78 is 20.7. The van der Waals surface area contributed by atoms with E-state index in [0.717, 1.165) is 65.3 Å². The number of aromatic nitrogens is 2. The molecule has 0 atom stereocenters. The maximum Gasteiger partial charge on any atom is 0.131 e. The summed E-state index contributed by atoms with van der Waals surface area (Å²) >= 11 is 0. The molecule has 2 aliphatic heterocycles. The zero-order chi connectivity index (χ0) is 21.8. The molecule has 2 aliphatic rings. The van der Waals surface area contributed by atoms with Gasteiger partial charge in [0, 0.05) is 44.8 Å². The maximum atomic E-state index is 13.1. The number of anilines is 1. The molecule has 0 bridgehead atoms. The van der Waals surface area contributed by atoms with Crippen molar-refractivity contribution in [2.45, 2.75) is 51.7 Å². The van der Waals surface area contributed by atoms with Gasteiger partial charge in [-0.1, -0.05) is 26.0 Å². The molecule has 31 heavy (non-hydrogen) atoms. The number of benzene rings is 1. The minimum atomic E-state index is -0.167. The third-order valence-corrected chi connectivity index (χ3v) is 6.48. The summed E-state index contributed by atoms with van der Waals surface area (Å²) in [5.74, 6) is 1.47. The van der Waals surface area contributed by atoms with E-state index in [9.17, 15) is 4.39 Å². The van der Waals surface area contributed by atoms with Crippen molar-refractivity contribution in [2.75, 3.05) is 44.3 Å². The first-order valence-electron chi connectivity index (χ1n) is 11.6. The van der Waals surface area contributed by atoms with Crippen LogP contribution in [0, 0.1) is 5.82 Å². The van der Waals surface area contributed by atoms with Crippen molar-refractivity contribution in [1.82, 2.24) is 20.0 Å². The van der Waals surface area contributed by atoms with Crippen LogP contribution in [0.5, 0.6) is 0 Å². The van der Waals surface area contributed by atoms with Crippen LogP contribution >= 0.6 is 0 Å². The number of hydrogen-bond donors (Lipinski definition) is 1. The van der Waals surface area contributed by atoms with Gasteiger partial charge in [0.1, 0.15) is 11.6 Å². The smallest absolute Gasteiger partial charge is 0.131 e. The summed E-state index contributed by atoms with van der Waals surface area (Å²) in [5.41, 5.74) is 3.72. The van der Waals surface area contributed by atoms with Crippen LogP contribution in [0.3, 0.4) is 0 Å². The number of nitrogens with one attached hydrogen (secondary N) is 1. The minimum Gasteiger partial charge on any atom is -0.378 e. The number of hydrogen-bond acceptors (Lipinski definition) is 5. The second-order valence-corrected chi connectivity index (χ2v) is 9.12. The van der Waals surface area contributed by atoms with E-state index in [1.54, 1.807) is 12.1 Å². The van der Waals surface area contributed by atoms with Gasteiger partial charge in [-0.2, -0.15) is 5.10 Å². The lowest BCUT2D eigenvalue weighted by Crippen LogP contribution is -2.42. The molecule has 3 heterocycles. The quantitative estimate of drug-likeness (QED) is 0.732. The molecule has 0 saturated carbocycles. The third-order valence-electron chi connectivity index (χ3n) is 6.48. The molecule has 2 aromatic rings. The molecular formula is C24H36FN5O. The summed E-state index contributed by atoms with van der Waals surface area (Å²) in [6.07, 6.45) is 2.26. The van der Waals surface area contributed by atoms with Crippen LogP contribution < -0.4 is 10.2 Å².